The number of thioether (sulfide) groups is 1. The first-order valence-electron chi connectivity index (χ1n) is 4.15. The van der Waals surface area contributed by atoms with E-state index in [0.29, 0.717) is 11.8 Å². The van der Waals surface area contributed by atoms with Gasteiger partial charge in [0.15, 0.2) is 0 Å². The molecule has 3 nitrogen and oxygen atoms in total. The van der Waals surface area contributed by atoms with Crippen molar-refractivity contribution in [2.45, 2.75) is 24.4 Å². The molecule has 0 radical (unpaired) electrons. The Labute approximate surface area is 91.5 Å². The van der Waals surface area contributed by atoms with Gasteiger partial charge in [0.05, 0.1) is 5.75 Å². The average Bonchev–Trinajstić information content (AvgIpc) is 1.92. The van der Waals surface area contributed by atoms with E-state index >= 15 is 0 Å². The quantitative estimate of drug-likeness (QED) is 0.807. The molecule has 92 valence electrons. The minimum Gasteiger partial charge on any atom is -0.327 e. The minimum atomic E-state index is -4.39. The summed E-state index contributed by atoms with van der Waals surface area (Å²) in [5, 5.41) is -1.71. The van der Waals surface area contributed by atoms with Crippen LogP contribution in [0.5, 0.6) is 0 Å². The molecule has 0 fully saturated rings. The standard InChI is InChI=1S/C7H14F3NO2S2/c1-5(11)6(7(8,9)10)14-3-4-15(2,12)13/h5-6H,3-4,11H2,1-2H3. The number of sulfone groups is 1. The van der Waals surface area contributed by atoms with Gasteiger partial charge in [0.25, 0.3) is 0 Å². The summed E-state index contributed by atoms with van der Waals surface area (Å²) in [6.07, 6.45) is -3.40. The van der Waals surface area contributed by atoms with Crippen LogP contribution in [0.3, 0.4) is 0 Å². The fourth-order valence-corrected chi connectivity index (χ4v) is 3.21. The Morgan fingerprint density at radius 1 is 1.40 bits per heavy atom. The number of hydrogen-bond acceptors (Lipinski definition) is 4. The highest BCUT2D eigenvalue weighted by Gasteiger charge is 2.42. The SMILES string of the molecule is CC(N)C(SCCS(C)(=O)=O)C(F)(F)F. The molecule has 8 heteroatoms. The summed E-state index contributed by atoms with van der Waals surface area (Å²) in [6.45, 7) is 1.26. The lowest BCUT2D eigenvalue weighted by molar-refractivity contribution is -0.131. The lowest BCUT2D eigenvalue weighted by atomic mass is 10.2. The Morgan fingerprint density at radius 2 is 1.87 bits per heavy atom. The normalized spacial score (nSPS) is 17.5. The molecule has 15 heavy (non-hydrogen) atoms. The van der Waals surface area contributed by atoms with Crippen LogP contribution in [0.15, 0.2) is 0 Å². The molecule has 0 aromatic heterocycles. The third kappa shape index (κ3) is 7.02. The van der Waals surface area contributed by atoms with Crippen LogP contribution in [0.25, 0.3) is 0 Å². The second kappa shape index (κ2) is 5.40. The molecule has 2 N–H and O–H groups in total. The van der Waals surface area contributed by atoms with Gasteiger partial charge in [-0.3, -0.25) is 0 Å². The van der Waals surface area contributed by atoms with E-state index in [2.05, 4.69) is 0 Å². The molecule has 0 saturated carbocycles. The predicted octanol–water partition coefficient (Wildman–Crippen LogP) is 1.04. The molecule has 0 spiro atoms. The second-order valence-electron chi connectivity index (χ2n) is 3.32. The van der Waals surface area contributed by atoms with Crippen LogP contribution in [0.2, 0.25) is 0 Å². The Hall–Kier alpha value is 0.0500. The summed E-state index contributed by atoms with van der Waals surface area (Å²) in [4.78, 5) is 0. The molecule has 0 aliphatic heterocycles. The number of alkyl halides is 3. The fraction of sp³-hybridized carbons (Fsp3) is 1.00. The highest BCUT2D eigenvalue weighted by atomic mass is 32.2. The summed E-state index contributed by atoms with van der Waals surface area (Å²) in [7, 11) is -3.22. The van der Waals surface area contributed by atoms with Crippen molar-refractivity contribution in [2.75, 3.05) is 17.8 Å². The van der Waals surface area contributed by atoms with E-state index in [4.69, 9.17) is 5.73 Å². The van der Waals surface area contributed by atoms with Crippen molar-refractivity contribution in [3.63, 3.8) is 0 Å². The molecule has 0 amide bonds. The van der Waals surface area contributed by atoms with Gasteiger partial charge < -0.3 is 5.73 Å². The summed E-state index contributed by atoms with van der Waals surface area (Å²) in [5.74, 6) is -0.360. The second-order valence-corrected chi connectivity index (χ2v) is 6.83. The lowest BCUT2D eigenvalue weighted by Gasteiger charge is -2.22. The molecule has 0 aromatic rings. The third-order valence-corrected chi connectivity index (χ3v) is 4.25. The Kier molecular flexibility index (Phi) is 5.42. The number of hydrogen-bond donors (Lipinski definition) is 1. The maximum absolute atomic E-state index is 12.3. The van der Waals surface area contributed by atoms with Crippen molar-refractivity contribution in [1.82, 2.24) is 0 Å². The number of halogens is 3. The van der Waals surface area contributed by atoms with Gasteiger partial charge in [0.2, 0.25) is 0 Å². The topological polar surface area (TPSA) is 60.2 Å². The van der Waals surface area contributed by atoms with Gasteiger partial charge in [-0.05, 0) is 6.92 Å². The van der Waals surface area contributed by atoms with Crippen molar-refractivity contribution >= 4 is 21.6 Å². The zero-order chi connectivity index (χ0) is 12.3. The molecular formula is C7H14F3NO2S2. The van der Waals surface area contributed by atoms with Crippen molar-refractivity contribution in [3.8, 4) is 0 Å². The molecule has 0 saturated heterocycles. The maximum Gasteiger partial charge on any atom is 0.402 e. The first kappa shape index (κ1) is 15.0. The molecule has 0 heterocycles. The van der Waals surface area contributed by atoms with E-state index in [1.165, 1.54) is 6.92 Å². The van der Waals surface area contributed by atoms with Crippen LogP contribution in [0.1, 0.15) is 6.92 Å². The zero-order valence-corrected chi connectivity index (χ0v) is 10.0. The smallest absolute Gasteiger partial charge is 0.327 e. The molecule has 2 unspecified atom stereocenters. The fourth-order valence-electron chi connectivity index (χ4n) is 0.871. The van der Waals surface area contributed by atoms with E-state index in [1.54, 1.807) is 0 Å². The molecular weight excluding hydrogens is 251 g/mol. The molecule has 0 aliphatic carbocycles. The van der Waals surface area contributed by atoms with Crippen LogP contribution < -0.4 is 5.73 Å². The van der Waals surface area contributed by atoms with E-state index < -0.39 is 27.3 Å². The molecule has 0 rings (SSSR count). The first-order chi connectivity index (χ1) is 6.54. The Morgan fingerprint density at radius 3 is 2.13 bits per heavy atom. The molecule has 0 aliphatic rings. The molecule has 0 bridgehead atoms. The number of nitrogens with two attached hydrogens (primary N) is 1. The van der Waals surface area contributed by atoms with Gasteiger partial charge in [-0.1, -0.05) is 0 Å². The van der Waals surface area contributed by atoms with Gasteiger partial charge in [0.1, 0.15) is 15.1 Å². The van der Waals surface area contributed by atoms with Gasteiger partial charge in [-0.15, -0.1) is 11.8 Å². The van der Waals surface area contributed by atoms with Crippen LogP contribution >= 0.6 is 11.8 Å². The van der Waals surface area contributed by atoms with Crippen molar-refractivity contribution < 1.29 is 21.6 Å². The summed E-state index contributed by atoms with van der Waals surface area (Å²) < 4.78 is 58.4. The average molecular weight is 265 g/mol. The summed E-state index contributed by atoms with van der Waals surface area (Å²) >= 11 is 0.534. The van der Waals surface area contributed by atoms with Gasteiger partial charge in [-0.2, -0.15) is 13.2 Å². The minimum absolute atomic E-state index is 0.0927. The maximum atomic E-state index is 12.3. The van der Waals surface area contributed by atoms with Gasteiger partial charge in [0, 0.05) is 18.1 Å². The summed E-state index contributed by atoms with van der Waals surface area (Å²) in [6, 6.07) is -1.05. The van der Waals surface area contributed by atoms with Crippen LogP contribution in [-0.2, 0) is 9.84 Å². The van der Waals surface area contributed by atoms with Crippen LogP contribution in [0.4, 0.5) is 13.2 Å². The summed E-state index contributed by atoms with van der Waals surface area (Å²) in [5.41, 5.74) is 5.18. The highest BCUT2D eigenvalue weighted by molar-refractivity contribution is 8.01. The van der Waals surface area contributed by atoms with E-state index in [9.17, 15) is 21.6 Å². The monoisotopic (exact) mass is 265 g/mol. The largest absolute Gasteiger partial charge is 0.402 e. The van der Waals surface area contributed by atoms with Crippen LogP contribution in [0, 0.1) is 0 Å². The van der Waals surface area contributed by atoms with E-state index in [0.717, 1.165) is 6.26 Å². The van der Waals surface area contributed by atoms with Gasteiger partial charge >= 0.3 is 6.18 Å². The van der Waals surface area contributed by atoms with Crippen molar-refractivity contribution in [2.24, 2.45) is 5.73 Å². The first-order valence-corrected chi connectivity index (χ1v) is 7.26. The van der Waals surface area contributed by atoms with Crippen molar-refractivity contribution in [1.29, 1.82) is 0 Å². The Bertz CT molecular complexity index is 287. The predicted molar refractivity (Wildman–Crippen MR) is 55.7 cm³/mol. The van der Waals surface area contributed by atoms with Gasteiger partial charge in [-0.25, -0.2) is 8.42 Å². The van der Waals surface area contributed by atoms with E-state index in [1.807, 2.05) is 0 Å². The van der Waals surface area contributed by atoms with Crippen molar-refractivity contribution in [3.05, 3.63) is 0 Å². The zero-order valence-electron chi connectivity index (χ0n) is 8.41. The number of rotatable bonds is 5. The molecule has 0 aromatic carbocycles. The highest BCUT2D eigenvalue weighted by Crippen LogP contribution is 2.32. The van der Waals surface area contributed by atoms with Crippen LogP contribution in [-0.4, -0.2) is 43.6 Å². The van der Waals surface area contributed by atoms with E-state index in [-0.39, 0.29) is 11.5 Å². The third-order valence-electron chi connectivity index (χ3n) is 1.55. The molecule has 2 atom stereocenters. The Balaban J connectivity index is 4.22. The lowest BCUT2D eigenvalue weighted by Crippen LogP contribution is -2.41.